The van der Waals surface area contributed by atoms with Crippen molar-refractivity contribution in [1.29, 1.82) is 5.26 Å². The molecule has 0 spiro atoms. The molecule has 0 rings (SSSR count). The molecule has 0 aromatic heterocycles. The molecule has 6 heteroatoms. The van der Waals surface area contributed by atoms with Gasteiger partial charge in [-0.15, -0.1) is 0 Å². The maximum absolute atomic E-state index is 11.2. The van der Waals surface area contributed by atoms with Crippen molar-refractivity contribution in [1.82, 2.24) is 5.32 Å². The summed E-state index contributed by atoms with van der Waals surface area (Å²) in [6.45, 7) is 1.79. The molecular formula is C8H14N2O3S. The second-order valence-electron chi connectivity index (χ2n) is 3.01. The highest BCUT2D eigenvalue weighted by Gasteiger charge is 2.14. The number of nitrogens with zero attached hydrogens (tertiary/aromatic N) is 1. The fraction of sp³-hybridized carbons (Fsp3) is 0.750. The molecule has 0 saturated carbocycles. The molecule has 0 bridgehead atoms. The molecule has 5 nitrogen and oxygen atoms in total. The van der Waals surface area contributed by atoms with Crippen LogP contribution >= 0.6 is 0 Å². The van der Waals surface area contributed by atoms with Gasteiger partial charge >= 0.3 is 0 Å². The molecule has 1 amide bonds. The van der Waals surface area contributed by atoms with Crippen LogP contribution in [0.4, 0.5) is 0 Å². The van der Waals surface area contributed by atoms with Crippen LogP contribution in [0.15, 0.2) is 0 Å². The number of hydrogen-bond acceptors (Lipinski definition) is 4. The number of carbonyl (C=O) groups excluding carboxylic acids is 1. The van der Waals surface area contributed by atoms with Crippen LogP contribution in [0.25, 0.3) is 0 Å². The third-order valence-corrected chi connectivity index (χ3v) is 2.60. The molecule has 0 aliphatic carbocycles. The summed E-state index contributed by atoms with van der Waals surface area (Å²) >= 11 is 0. The van der Waals surface area contributed by atoms with E-state index in [1.54, 1.807) is 6.92 Å². The van der Waals surface area contributed by atoms with E-state index in [9.17, 15) is 13.2 Å². The normalized spacial score (nSPS) is 12.9. The summed E-state index contributed by atoms with van der Waals surface area (Å²) < 4.78 is 21.4. The largest absolute Gasteiger partial charge is 0.354 e. The van der Waals surface area contributed by atoms with Gasteiger partial charge in [0, 0.05) is 12.8 Å². The Kier molecular flexibility index (Phi) is 5.16. The lowest BCUT2D eigenvalue weighted by Crippen LogP contribution is -2.33. The fourth-order valence-corrected chi connectivity index (χ4v) is 1.29. The third kappa shape index (κ3) is 5.54. The molecule has 0 saturated heterocycles. The number of sulfone groups is 1. The van der Waals surface area contributed by atoms with Gasteiger partial charge in [0.25, 0.3) is 0 Å². The first-order valence-corrected chi connectivity index (χ1v) is 6.31. The van der Waals surface area contributed by atoms with E-state index in [-0.39, 0.29) is 12.3 Å². The Bertz CT molecular complexity index is 329. The highest BCUT2D eigenvalue weighted by atomic mass is 32.2. The first kappa shape index (κ1) is 12.9. The van der Waals surface area contributed by atoms with E-state index in [1.165, 1.54) is 0 Å². The molecular weight excluding hydrogens is 204 g/mol. The van der Waals surface area contributed by atoms with Gasteiger partial charge in [-0.1, -0.05) is 6.92 Å². The average molecular weight is 218 g/mol. The lowest BCUT2D eigenvalue weighted by Gasteiger charge is -2.06. The summed E-state index contributed by atoms with van der Waals surface area (Å²) in [4.78, 5) is 11.2. The molecule has 0 aromatic rings. The zero-order chi connectivity index (χ0) is 11.2. The highest BCUT2D eigenvalue weighted by molar-refractivity contribution is 7.90. The van der Waals surface area contributed by atoms with Gasteiger partial charge in [-0.2, -0.15) is 5.26 Å². The van der Waals surface area contributed by atoms with Crippen LogP contribution in [0.2, 0.25) is 0 Å². The predicted molar refractivity (Wildman–Crippen MR) is 52.1 cm³/mol. The Morgan fingerprint density at radius 1 is 1.57 bits per heavy atom. The van der Waals surface area contributed by atoms with Gasteiger partial charge in [0.2, 0.25) is 5.91 Å². The smallest absolute Gasteiger partial charge is 0.237 e. The molecule has 1 unspecified atom stereocenters. The topological polar surface area (TPSA) is 87.0 Å². The van der Waals surface area contributed by atoms with Gasteiger partial charge in [0.05, 0.1) is 11.8 Å². The van der Waals surface area contributed by atoms with Crippen LogP contribution in [-0.2, 0) is 14.6 Å². The number of nitrogens with one attached hydrogen (secondary N) is 1. The van der Waals surface area contributed by atoms with Crippen molar-refractivity contribution >= 4 is 15.7 Å². The monoisotopic (exact) mass is 218 g/mol. The Balaban J connectivity index is 3.93. The van der Waals surface area contributed by atoms with Crippen LogP contribution in [0, 0.1) is 17.2 Å². The van der Waals surface area contributed by atoms with Crippen LogP contribution in [0.1, 0.15) is 13.3 Å². The molecule has 0 fully saturated rings. The Morgan fingerprint density at radius 2 is 2.14 bits per heavy atom. The molecule has 0 aromatic carbocycles. The van der Waals surface area contributed by atoms with Crippen molar-refractivity contribution < 1.29 is 13.2 Å². The molecule has 0 aliphatic heterocycles. The Hall–Kier alpha value is -1.09. The van der Waals surface area contributed by atoms with Crippen molar-refractivity contribution in [3.8, 4) is 6.07 Å². The second-order valence-corrected chi connectivity index (χ2v) is 5.27. The number of amides is 1. The van der Waals surface area contributed by atoms with E-state index < -0.39 is 21.7 Å². The van der Waals surface area contributed by atoms with Gasteiger partial charge in [-0.25, -0.2) is 8.42 Å². The van der Waals surface area contributed by atoms with Gasteiger partial charge in [0.15, 0.2) is 0 Å². The van der Waals surface area contributed by atoms with Crippen molar-refractivity contribution in [3.05, 3.63) is 0 Å². The molecule has 14 heavy (non-hydrogen) atoms. The van der Waals surface area contributed by atoms with Crippen LogP contribution in [0.3, 0.4) is 0 Å². The molecule has 1 atom stereocenters. The molecule has 80 valence electrons. The zero-order valence-corrected chi connectivity index (χ0v) is 9.10. The SMILES string of the molecule is CCC(C#N)C(=O)NCCS(C)(=O)=O. The van der Waals surface area contributed by atoms with Gasteiger partial charge in [-0.05, 0) is 6.42 Å². The van der Waals surface area contributed by atoms with Gasteiger partial charge in [-0.3, -0.25) is 4.79 Å². The summed E-state index contributed by atoms with van der Waals surface area (Å²) in [5.74, 6) is -1.19. The number of rotatable bonds is 5. The first-order valence-electron chi connectivity index (χ1n) is 4.25. The van der Waals surface area contributed by atoms with Gasteiger partial charge in [0.1, 0.15) is 15.8 Å². The minimum atomic E-state index is -3.06. The van der Waals surface area contributed by atoms with E-state index >= 15 is 0 Å². The summed E-state index contributed by atoms with van der Waals surface area (Å²) in [6, 6.07) is 1.84. The number of hydrogen-bond donors (Lipinski definition) is 1. The Morgan fingerprint density at radius 3 is 2.50 bits per heavy atom. The highest BCUT2D eigenvalue weighted by Crippen LogP contribution is 1.99. The van der Waals surface area contributed by atoms with Gasteiger partial charge < -0.3 is 5.32 Å². The quantitative estimate of drug-likeness (QED) is 0.686. The van der Waals surface area contributed by atoms with E-state index in [0.29, 0.717) is 6.42 Å². The lowest BCUT2D eigenvalue weighted by atomic mass is 10.1. The van der Waals surface area contributed by atoms with Crippen LogP contribution < -0.4 is 5.32 Å². The predicted octanol–water partition coefficient (Wildman–Crippen LogP) is -0.303. The summed E-state index contributed by atoms with van der Waals surface area (Å²) in [5, 5.41) is 10.9. The second kappa shape index (κ2) is 5.60. The molecule has 0 radical (unpaired) electrons. The van der Waals surface area contributed by atoms with Crippen LogP contribution in [0.5, 0.6) is 0 Å². The minimum absolute atomic E-state index is 0.0653. The van der Waals surface area contributed by atoms with Crippen molar-refractivity contribution in [3.63, 3.8) is 0 Å². The fourth-order valence-electron chi connectivity index (χ4n) is 0.818. The van der Waals surface area contributed by atoms with Crippen molar-refractivity contribution in [2.24, 2.45) is 5.92 Å². The Labute approximate surface area is 84.0 Å². The lowest BCUT2D eigenvalue weighted by molar-refractivity contribution is -0.123. The maximum atomic E-state index is 11.2. The standard InChI is InChI=1S/C8H14N2O3S/c1-3-7(6-9)8(11)10-4-5-14(2,12)13/h7H,3-5H2,1-2H3,(H,10,11). The first-order chi connectivity index (χ1) is 6.40. The zero-order valence-electron chi connectivity index (χ0n) is 8.28. The summed E-state index contributed by atoms with van der Waals surface area (Å²) in [6.07, 6.45) is 1.53. The van der Waals surface area contributed by atoms with Crippen molar-refractivity contribution in [2.75, 3.05) is 18.6 Å². The van der Waals surface area contributed by atoms with E-state index in [0.717, 1.165) is 6.26 Å². The summed E-state index contributed by atoms with van der Waals surface area (Å²) in [7, 11) is -3.06. The molecule has 0 heterocycles. The molecule has 1 N–H and O–H groups in total. The summed E-state index contributed by atoms with van der Waals surface area (Å²) in [5.41, 5.74) is 0. The minimum Gasteiger partial charge on any atom is -0.354 e. The van der Waals surface area contributed by atoms with Crippen molar-refractivity contribution in [2.45, 2.75) is 13.3 Å². The number of nitriles is 1. The van der Waals surface area contributed by atoms with E-state index in [4.69, 9.17) is 5.26 Å². The maximum Gasteiger partial charge on any atom is 0.237 e. The van der Waals surface area contributed by atoms with Crippen LogP contribution in [-0.4, -0.2) is 32.9 Å². The molecule has 0 aliphatic rings. The third-order valence-electron chi connectivity index (χ3n) is 1.65. The van der Waals surface area contributed by atoms with E-state index in [2.05, 4.69) is 5.32 Å². The average Bonchev–Trinajstić information content (AvgIpc) is 2.04. The van der Waals surface area contributed by atoms with E-state index in [1.807, 2.05) is 6.07 Å². The number of carbonyl (C=O) groups is 1.